The van der Waals surface area contributed by atoms with Crippen LogP contribution in [0.1, 0.15) is 45.1 Å². The number of rotatable bonds is 12. The molecular formula is C25H37N3O4. The molecule has 1 saturated heterocycles. The Balaban J connectivity index is 1.78. The summed E-state index contributed by atoms with van der Waals surface area (Å²) in [6.07, 6.45) is 3.70. The Morgan fingerprint density at radius 1 is 0.844 bits per heavy atom. The molecule has 0 unspecified atom stereocenters. The normalized spacial score (nSPS) is 17.6. The number of nitrogens with zero attached hydrogens (tertiary/aromatic N) is 3. The van der Waals surface area contributed by atoms with Crippen LogP contribution in [0.25, 0.3) is 5.57 Å². The Labute approximate surface area is 191 Å². The van der Waals surface area contributed by atoms with Gasteiger partial charge in [-0.2, -0.15) is 0 Å². The van der Waals surface area contributed by atoms with Crippen LogP contribution in [0.4, 0.5) is 0 Å². The largest absolute Gasteiger partial charge is 0.494 e. The molecule has 2 aliphatic rings. The molecule has 0 N–H and O–H groups in total. The fraction of sp³-hybridized carbons (Fsp3) is 0.600. The minimum absolute atomic E-state index is 0.186. The Morgan fingerprint density at radius 2 is 1.53 bits per heavy atom. The minimum atomic E-state index is -0.209. The van der Waals surface area contributed by atoms with E-state index in [0.717, 1.165) is 63.4 Å². The van der Waals surface area contributed by atoms with Crippen LogP contribution in [-0.2, 0) is 14.3 Å². The molecule has 0 bridgehead atoms. The zero-order chi connectivity index (χ0) is 22.9. The number of unbranched alkanes of at least 4 members (excludes halogenated alkanes) is 1. The number of hydrogen-bond acceptors (Lipinski definition) is 6. The fourth-order valence-corrected chi connectivity index (χ4v) is 3.96. The average molecular weight is 444 g/mol. The van der Waals surface area contributed by atoms with Crippen molar-refractivity contribution >= 4 is 17.4 Å². The van der Waals surface area contributed by atoms with E-state index in [2.05, 4.69) is 30.7 Å². The van der Waals surface area contributed by atoms with Gasteiger partial charge in [-0.1, -0.05) is 32.4 Å². The first kappa shape index (κ1) is 24.3. The summed E-state index contributed by atoms with van der Waals surface area (Å²) in [4.78, 5) is 32.5. The van der Waals surface area contributed by atoms with Gasteiger partial charge in [0.05, 0.1) is 12.2 Å². The molecule has 7 nitrogen and oxygen atoms in total. The maximum atomic E-state index is 13.4. The third-order valence-electron chi connectivity index (χ3n) is 5.89. The van der Waals surface area contributed by atoms with Crippen LogP contribution >= 0.6 is 0 Å². The van der Waals surface area contributed by atoms with E-state index in [9.17, 15) is 9.59 Å². The summed E-state index contributed by atoms with van der Waals surface area (Å²) >= 11 is 0. The Kier molecular flexibility index (Phi) is 9.11. The number of carbonyl (C=O) groups excluding carboxylic acids is 2. The van der Waals surface area contributed by atoms with Crippen molar-refractivity contribution in [1.29, 1.82) is 0 Å². The Hall–Kier alpha value is -2.38. The molecule has 7 heteroatoms. The number of amides is 2. The van der Waals surface area contributed by atoms with Crippen LogP contribution in [0.15, 0.2) is 30.0 Å². The molecular weight excluding hydrogens is 406 g/mol. The van der Waals surface area contributed by atoms with Crippen molar-refractivity contribution in [3.8, 4) is 5.75 Å². The fourth-order valence-electron chi connectivity index (χ4n) is 3.96. The highest BCUT2D eigenvalue weighted by Gasteiger charge is 2.41. The van der Waals surface area contributed by atoms with Gasteiger partial charge in [-0.25, -0.2) is 0 Å². The van der Waals surface area contributed by atoms with Crippen molar-refractivity contribution in [3.63, 3.8) is 0 Å². The van der Waals surface area contributed by atoms with E-state index in [1.54, 1.807) is 0 Å². The summed E-state index contributed by atoms with van der Waals surface area (Å²) in [5.74, 6) is 0.379. The maximum Gasteiger partial charge on any atom is 0.277 e. The van der Waals surface area contributed by atoms with E-state index in [1.807, 2.05) is 24.3 Å². The highest BCUT2D eigenvalue weighted by Crippen LogP contribution is 2.33. The molecule has 32 heavy (non-hydrogen) atoms. The van der Waals surface area contributed by atoms with E-state index in [1.165, 1.54) is 4.90 Å². The molecule has 1 aromatic carbocycles. The molecule has 2 aliphatic heterocycles. The van der Waals surface area contributed by atoms with Gasteiger partial charge in [0.1, 0.15) is 11.4 Å². The van der Waals surface area contributed by atoms with Crippen molar-refractivity contribution in [2.45, 2.75) is 39.5 Å². The quantitative estimate of drug-likeness (QED) is 0.366. The molecule has 0 aliphatic carbocycles. The lowest BCUT2D eigenvalue weighted by atomic mass is 10.0. The minimum Gasteiger partial charge on any atom is -0.494 e. The van der Waals surface area contributed by atoms with Crippen LogP contribution in [0.5, 0.6) is 5.75 Å². The topological polar surface area (TPSA) is 62.3 Å². The molecule has 0 saturated carbocycles. The van der Waals surface area contributed by atoms with Crippen molar-refractivity contribution < 1.29 is 19.1 Å². The van der Waals surface area contributed by atoms with Gasteiger partial charge in [0.25, 0.3) is 11.8 Å². The SMILES string of the molecule is CCCCOCCCN1C(=O)C(c2ccc(OCCC)cc2)=C(N2CCN(C)CC2)C1=O. The second-order valence-corrected chi connectivity index (χ2v) is 8.47. The molecule has 0 spiro atoms. The molecule has 0 aromatic heterocycles. The molecule has 0 radical (unpaired) electrons. The molecule has 2 heterocycles. The van der Waals surface area contributed by atoms with Gasteiger partial charge in [-0.15, -0.1) is 0 Å². The van der Waals surface area contributed by atoms with E-state index in [0.29, 0.717) is 37.4 Å². The highest BCUT2D eigenvalue weighted by molar-refractivity contribution is 6.35. The maximum absolute atomic E-state index is 13.4. The second kappa shape index (κ2) is 12.0. The first-order valence-corrected chi connectivity index (χ1v) is 11.9. The average Bonchev–Trinajstić information content (AvgIpc) is 3.05. The molecule has 3 rings (SSSR count). The molecule has 1 aromatic rings. The van der Waals surface area contributed by atoms with Crippen LogP contribution in [0.3, 0.4) is 0 Å². The summed E-state index contributed by atoms with van der Waals surface area (Å²) in [5, 5.41) is 0. The predicted molar refractivity (Wildman–Crippen MR) is 125 cm³/mol. The van der Waals surface area contributed by atoms with Crippen LogP contribution < -0.4 is 4.74 Å². The summed E-state index contributed by atoms with van der Waals surface area (Å²) in [5.41, 5.74) is 1.81. The summed E-state index contributed by atoms with van der Waals surface area (Å²) in [7, 11) is 2.08. The first-order chi connectivity index (χ1) is 15.6. The zero-order valence-corrected chi connectivity index (χ0v) is 19.8. The van der Waals surface area contributed by atoms with E-state index < -0.39 is 0 Å². The third-order valence-corrected chi connectivity index (χ3v) is 5.89. The lowest BCUT2D eigenvalue weighted by molar-refractivity contribution is -0.137. The monoisotopic (exact) mass is 443 g/mol. The number of benzene rings is 1. The van der Waals surface area contributed by atoms with Gasteiger partial charge in [0.2, 0.25) is 0 Å². The zero-order valence-electron chi connectivity index (χ0n) is 19.8. The molecule has 2 amide bonds. The van der Waals surface area contributed by atoms with Gasteiger partial charge in [-0.3, -0.25) is 14.5 Å². The van der Waals surface area contributed by atoms with E-state index in [4.69, 9.17) is 9.47 Å². The highest BCUT2D eigenvalue weighted by atomic mass is 16.5. The van der Waals surface area contributed by atoms with Gasteiger partial charge in [-0.05, 0) is 44.0 Å². The van der Waals surface area contributed by atoms with Crippen molar-refractivity contribution in [1.82, 2.24) is 14.7 Å². The van der Waals surface area contributed by atoms with Gasteiger partial charge >= 0.3 is 0 Å². The van der Waals surface area contributed by atoms with Crippen LogP contribution in [0, 0.1) is 0 Å². The van der Waals surface area contributed by atoms with Crippen LogP contribution in [-0.4, -0.2) is 86.1 Å². The van der Waals surface area contributed by atoms with Crippen molar-refractivity contribution in [2.75, 3.05) is 59.6 Å². The second-order valence-electron chi connectivity index (χ2n) is 8.47. The number of ether oxygens (including phenoxy) is 2. The van der Waals surface area contributed by atoms with Gasteiger partial charge in [0.15, 0.2) is 0 Å². The van der Waals surface area contributed by atoms with Crippen molar-refractivity contribution in [2.24, 2.45) is 0 Å². The predicted octanol–water partition coefficient (Wildman–Crippen LogP) is 3.01. The lowest BCUT2D eigenvalue weighted by Crippen LogP contribution is -2.46. The third kappa shape index (κ3) is 5.90. The number of likely N-dealkylation sites (N-methyl/N-ethyl adjacent to an activating group) is 1. The smallest absolute Gasteiger partial charge is 0.277 e. The number of imide groups is 1. The van der Waals surface area contributed by atoms with Gasteiger partial charge < -0.3 is 19.3 Å². The Bertz CT molecular complexity index is 798. The van der Waals surface area contributed by atoms with Crippen LogP contribution in [0.2, 0.25) is 0 Å². The van der Waals surface area contributed by atoms with E-state index in [-0.39, 0.29) is 11.8 Å². The van der Waals surface area contributed by atoms with Crippen molar-refractivity contribution in [3.05, 3.63) is 35.5 Å². The molecule has 0 atom stereocenters. The number of carbonyl (C=O) groups is 2. The number of hydrogen-bond donors (Lipinski definition) is 0. The lowest BCUT2D eigenvalue weighted by Gasteiger charge is -2.34. The van der Waals surface area contributed by atoms with Gasteiger partial charge in [0, 0.05) is 45.9 Å². The molecule has 1 fully saturated rings. The standard InChI is InChI=1S/C25H37N3O4/c1-4-6-18-31-19-7-12-28-24(29)22(20-8-10-21(11-9-20)32-17-5-2)23(25(28)30)27-15-13-26(3)14-16-27/h8-11H,4-7,12-19H2,1-3H3. The molecule has 176 valence electrons. The summed E-state index contributed by atoms with van der Waals surface area (Å²) in [6.45, 7) is 9.71. The number of piperazine rings is 1. The Morgan fingerprint density at radius 3 is 2.19 bits per heavy atom. The summed E-state index contributed by atoms with van der Waals surface area (Å²) in [6, 6.07) is 7.53. The van der Waals surface area contributed by atoms with E-state index >= 15 is 0 Å². The first-order valence-electron chi connectivity index (χ1n) is 11.9. The summed E-state index contributed by atoms with van der Waals surface area (Å²) < 4.78 is 11.3.